The van der Waals surface area contributed by atoms with E-state index in [1.165, 1.54) is 19.4 Å². The molecule has 5 N–H and O–H groups in total. The second-order valence-corrected chi connectivity index (χ2v) is 9.04. The summed E-state index contributed by atoms with van der Waals surface area (Å²) in [4.78, 5) is 2.96. The van der Waals surface area contributed by atoms with Gasteiger partial charge in [-0.3, -0.25) is 0 Å². The Hall–Kier alpha value is -2.13. The molecule has 0 saturated carbocycles. The first kappa shape index (κ1) is 18.2. The van der Waals surface area contributed by atoms with Crippen molar-refractivity contribution in [3.63, 3.8) is 0 Å². The molecule has 0 aliphatic heterocycles. The van der Waals surface area contributed by atoms with Crippen LogP contribution in [0.15, 0.2) is 23.4 Å². The number of methoxy groups -OCH3 is 1. The highest BCUT2D eigenvalue weighted by Gasteiger charge is 2.33. The van der Waals surface area contributed by atoms with Crippen molar-refractivity contribution in [2.24, 2.45) is 16.7 Å². The first-order valence-electron chi connectivity index (χ1n) is 6.97. The molecule has 2 aromatic heterocycles. The minimum atomic E-state index is -3.69. The monoisotopic (exact) mass is 373 g/mol. The van der Waals surface area contributed by atoms with Crippen molar-refractivity contribution in [1.82, 2.24) is 8.96 Å². The Morgan fingerprint density at radius 1 is 1.42 bits per heavy atom. The molecule has 0 aromatic carbocycles. The van der Waals surface area contributed by atoms with E-state index in [1.54, 1.807) is 26.8 Å². The number of H-pyrrole nitrogens is 1. The van der Waals surface area contributed by atoms with Gasteiger partial charge in [-0.1, -0.05) is 11.6 Å². The SMILES string of the molecule is COc1cc(-c2c(Cl)ccn2S(=O)(=O)C(C)(C)C)[nH]c1C(N)=NN. The van der Waals surface area contributed by atoms with Crippen molar-refractivity contribution in [3.05, 3.63) is 29.0 Å². The summed E-state index contributed by atoms with van der Waals surface area (Å²) in [5, 5.41) is 3.69. The average molecular weight is 374 g/mol. The van der Waals surface area contributed by atoms with Crippen LogP contribution in [0.25, 0.3) is 11.4 Å². The Balaban J connectivity index is 2.73. The number of hydrogen-bond acceptors (Lipinski definition) is 5. The number of rotatable bonds is 4. The lowest BCUT2D eigenvalue weighted by molar-refractivity contribution is 0.414. The molecule has 2 rings (SSSR count). The average Bonchev–Trinajstić information content (AvgIpc) is 3.08. The van der Waals surface area contributed by atoms with E-state index in [9.17, 15) is 8.42 Å². The van der Waals surface area contributed by atoms with Crippen LogP contribution in [0, 0.1) is 0 Å². The molecule has 132 valence electrons. The van der Waals surface area contributed by atoms with Gasteiger partial charge in [0, 0.05) is 12.3 Å². The number of hydrazone groups is 1. The molecule has 0 aliphatic carbocycles. The standard InChI is InChI=1S/C14H20ClN5O3S/c1-14(2,3)24(21,22)20-6-5-8(15)12(20)9-7-10(23-4)11(18-9)13(16)19-17/h5-7,18H,17H2,1-4H3,(H2,16,19). The molecule has 0 aliphatic rings. The van der Waals surface area contributed by atoms with E-state index in [0.29, 0.717) is 17.1 Å². The predicted octanol–water partition coefficient (Wildman–Crippen LogP) is 1.70. The number of halogens is 1. The van der Waals surface area contributed by atoms with Gasteiger partial charge < -0.3 is 21.3 Å². The molecular formula is C14H20ClN5O3S. The number of nitrogens with one attached hydrogen (secondary N) is 1. The first-order chi connectivity index (χ1) is 11.0. The lowest BCUT2D eigenvalue weighted by Crippen LogP contribution is -2.33. The maximum Gasteiger partial charge on any atom is 0.244 e. The zero-order valence-electron chi connectivity index (χ0n) is 13.8. The number of nitrogens with two attached hydrogens (primary N) is 2. The normalized spacial score (nSPS) is 13.3. The molecule has 0 bridgehead atoms. The van der Waals surface area contributed by atoms with Crippen molar-refractivity contribution in [2.45, 2.75) is 25.5 Å². The number of aromatic amines is 1. The summed E-state index contributed by atoms with van der Waals surface area (Å²) < 4.78 is 31.0. The summed E-state index contributed by atoms with van der Waals surface area (Å²) in [7, 11) is -2.23. The largest absolute Gasteiger partial charge is 0.494 e. The smallest absolute Gasteiger partial charge is 0.244 e. The van der Waals surface area contributed by atoms with Crippen LogP contribution in [0.3, 0.4) is 0 Å². The Morgan fingerprint density at radius 3 is 2.54 bits per heavy atom. The summed E-state index contributed by atoms with van der Waals surface area (Å²) in [5.74, 6) is 5.59. The van der Waals surface area contributed by atoms with Crippen LogP contribution in [0.2, 0.25) is 5.02 Å². The number of nitrogens with zero attached hydrogens (tertiary/aromatic N) is 2. The van der Waals surface area contributed by atoms with Gasteiger partial charge in [-0.25, -0.2) is 12.4 Å². The van der Waals surface area contributed by atoms with Gasteiger partial charge in [-0.05, 0) is 26.8 Å². The minimum Gasteiger partial charge on any atom is -0.494 e. The molecule has 10 heteroatoms. The lowest BCUT2D eigenvalue weighted by atomic mass is 10.3. The van der Waals surface area contributed by atoms with Crippen molar-refractivity contribution < 1.29 is 13.2 Å². The topological polar surface area (TPSA) is 128 Å². The predicted molar refractivity (Wildman–Crippen MR) is 94.8 cm³/mol. The molecule has 8 nitrogen and oxygen atoms in total. The zero-order chi connectivity index (χ0) is 18.3. The van der Waals surface area contributed by atoms with Gasteiger partial charge in [0.2, 0.25) is 10.0 Å². The van der Waals surface area contributed by atoms with E-state index in [4.69, 9.17) is 27.9 Å². The highest BCUT2D eigenvalue weighted by atomic mass is 35.5. The van der Waals surface area contributed by atoms with Crippen LogP contribution >= 0.6 is 11.6 Å². The summed E-state index contributed by atoms with van der Waals surface area (Å²) >= 11 is 6.22. The minimum absolute atomic E-state index is 0.0195. The maximum atomic E-state index is 12.8. The van der Waals surface area contributed by atoms with Crippen LogP contribution < -0.4 is 16.3 Å². The second kappa shape index (κ2) is 6.06. The van der Waals surface area contributed by atoms with Crippen molar-refractivity contribution in [2.75, 3.05) is 7.11 Å². The number of aromatic nitrogens is 2. The molecule has 0 radical (unpaired) electrons. The zero-order valence-corrected chi connectivity index (χ0v) is 15.4. The molecule has 24 heavy (non-hydrogen) atoms. The van der Waals surface area contributed by atoms with E-state index in [0.717, 1.165) is 3.97 Å². The molecule has 0 spiro atoms. The highest BCUT2D eigenvalue weighted by Crippen LogP contribution is 2.35. The molecule has 0 amide bonds. The molecule has 0 unspecified atom stereocenters. The van der Waals surface area contributed by atoms with Crippen LogP contribution in [0.1, 0.15) is 26.5 Å². The van der Waals surface area contributed by atoms with E-state index < -0.39 is 14.8 Å². The quantitative estimate of drug-likeness (QED) is 0.325. The Kier molecular flexibility index (Phi) is 4.60. The first-order valence-corrected chi connectivity index (χ1v) is 8.79. The fourth-order valence-corrected chi connectivity index (χ4v) is 3.66. The fourth-order valence-electron chi connectivity index (χ4n) is 2.11. The van der Waals surface area contributed by atoms with Gasteiger partial charge >= 0.3 is 0 Å². The molecule has 2 heterocycles. The summed E-state index contributed by atoms with van der Waals surface area (Å²) in [6.07, 6.45) is 1.41. The van der Waals surface area contributed by atoms with Gasteiger partial charge in [0.15, 0.2) is 5.84 Å². The van der Waals surface area contributed by atoms with Crippen molar-refractivity contribution in [1.29, 1.82) is 0 Å². The van der Waals surface area contributed by atoms with Gasteiger partial charge in [-0.15, -0.1) is 0 Å². The third-order valence-corrected chi connectivity index (χ3v) is 6.16. The van der Waals surface area contributed by atoms with E-state index >= 15 is 0 Å². The van der Waals surface area contributed by atoms with E-state index in [1.807, 2.05) is 0 Å². The molecule has 2 aromatic rings. The highest BCUT2D eigenvalue weighted by molar-refractivity contribution is 7.91. The van der Waals surface area contributed by atoms with Crippen LogP contribution in [0.4, 0.5) is 0 Å². The molecular weight excluding hydrogens is 354 g/mol. The van der Waals surface area contributed by atoms with Crippen molar-refractivity contribution >= 4 is 27.5 Å². The summed E-state index contributed by atoms with van der Waals surface area (Å²) in [6, 6.07) is 3.09. The van der Waals surface area contributed by atoms with Gasteiger partial charge in [0.1, 0.15) is 11.4 Å². The van der Waals surface area contributed by atoms with Crippen LogP contribution in [0.5, 0.6) is 5.75 Å². The van der Waals surface area contributed by atoms with E-state index in [-0.39, 0.29) is 16.6 Å². The van der Waals surface area contributed by atoms with Crippen molar-refractivity contribution in [3.8, 4) is 17.1 Å². The lowest BCUT2D eigenvalue weighted by Gasteiger charge is -2.21. The third kappa shape index (κ3) is 2.84. The fraction of sp³-hybridized carbons (Fsp3) is 0.357. The van der Waals surface area contributed by atoms with E-state index in [2.05, 4.69) is 10.1 Å². The number of amidine groups is 1. The molecule has 0 atom stereocenters. The van der Waals surface area contributed by atoms with Crippen LogP contribution in [-0.2, 0) is 10.0 Å². The Labute approximate surface area is 145 Å². The number of ether oxygens (including phenoxy) is 1. The molecule has 0 saturated heterocycles. The van der Waals surface area contributed by atoms with Gasteiger partial charge in [0.05, 0.1) is 28.3 Å². The third-order valence-electron chi connectivity index (χ3n) is 3.49. The summed E-state index contributed by atoms with van der Waals surface area (Å²) in [6.45, 7) is 4.83. The number of hydrogen-bond donors (Lipinski definition) is 3. The van der Waals surface area contributed by atoms with Crippen LogP contribution in [-0.4, -0.2) is 35.1 Å². The second-order valence-electron chi connectivity index (χ2n) is 6.07. The van der Waals surface area contributed by atoms with Gasteiger partial charge in [-0.2, -0.15) is 5.10 Å². The van der Waals surface area contributed by atoms with Gasteiger partial charge in [0.25, 0.3) is 0 Å². The molecule has 0 fully saturated rings. The summed E-state index contributed by atoms with van der Waals surface area (Å²) in [5.41, 5.74) is 6.76. The Bertz CT molecular complexity index is 890. The maximum absolute atomic E-state index is 12.8. The Morgan fingerprint density at radius 2 is 2.04 bits per heavy atom.